The lowest BCUT2D eigenvalue weighted by molar-refractivity contribution is 0.125. The largest absolute Gasteiger partial charge is 0.492 e. The van der Waals surface area contributed by atoms with Crippen molar-refractivity contribution in [3.8, 4) is 16.9 Å². The Kier molecular flexibility index (Phi) is 4.75. The summed E-state index contributed by atoms with van der Waals surface area (Å²) in [4.78, 5) is 2.55. The summed E-state index contributed by atoms with van der Waals surface area (Å²) in [7, 11) is 0. The number of pyridine rings is 1. The average Bonchev–Trinajstić information content (AvgIpc) is 3.11. The van der Waals surface area contributed by atoms with E-state index in [9.17, 15) is 0 Å². The topological polar surface area (TPSA) is 16.9 Å². The molecule has 2 aromatic heterocycles. The zero-order chi connectivity index (χ0) is 17.1. The van der Waals surface area contributed by atoms with Gasteiger partial charge in [-0.25, -0.2) is 0 Å². The standard InChI is InChI=1S/C22H26N2O/c1-18(23-12-4-2-5-13-23)17-25-22-10-8-19(9-11-22)20-15-21-7-3-6-14-24(21)16-20/h3,6-11,14-16,18H,2,4-5,12-13,17H2,1H3. The van der Waals surface area contributed by atoms with Crippen molar-refractivity contribution in [3.63, 3.8) is 0 Å². The van der Waals surface area contributed by atoms with Crippen LogP contribution < -0.4 is 4.74 Å². The minimum absolute atomic E-state index is 0.483. The third kappa shape index (κ3) is 3.72. The molecule has 0 saturated carbocycles. The summed E-state index contributed by atoms with van der Waals surface area (Å²) in [5.74, 6) is 0.955. The number of ether oxygens (including phenoxy) is 1. The molecular weight excluding hydrogens is 308 g/mol. The number of rotatable bonds is 5. The molecule has 1 aliphatic heterocycles. The molecule has 3 heterocycles. The number of piperidine rings is 1. The number of likely N-dealkylation sites (tertiary alicyclic amines) is 1. The van der Waals surface area contributed by atoms with Crippen molar-refractivity contribution in [1.82, 2.24) is 9.30 Å². The Morgan fingerprint density at radius 2 is 1.76 bits per heavy atom. The van der Waals surface area contributed by atoms with Gasteiger partial charge in [-0.05, 0) is 68.8 Å². The third-order valence-corrected chi connectivity index (χ3v) is 5.20. The van der Waals surface area contributed by atoms with Gasteiger partial charge in [0.2, 0.25) is 0 Å². The second-order valence-corrected chi connectivity index (χ2v) is 7.04. The molecule has 0 spiro atoms. The summed E-state index contributed by atoms with van der Waals surface area (Å²) < 4.78 is 8.18. The third-order valence-electron chi connectivity index (χ3n) is 5.20. The molecule has 4 rings (SSSR count). The number of aromatic nitrogens is 1. The van der Waals surface area contributed by atoms with Crippen LogP contribution in [-0.4, -0.2) is 35.0 Å². The molecule has 3 nitrogen and oxygen atoms in total. The van der Waals surface area contributed by atoms with Crippen LogP contribution in [-0.2, 0) is 0 Å². The van der Waals surface area contributed by atoms with E-state index in [0.29, 0.717) is 6.04 Å². The van der Waals surface area contributed by atoms with Gasteiger partial charge in [-0.2, -0.15) is 0 Å². The van der Waals surface area contributed by atoms with Gasteiger partial charge in [0.25, 0.3) is 0 Å². The van der Waals surface area contributed by atoms with E-state index in [2.05, 4.69) is 77.1 Å². The molecule has 0 N–H and O–H groups in total. The molecule has 0 amide bonds. The summed E-state index contributed by atoms with van der Waals surface area (Å²) in [6, 6.07) is 17.4. The smallest absolute Gasteiger partial charge is 0.119 e. The molecule has 130 valence electrons. The number of hydrogen-bond donors (Lipinski definition) is 0. The van der Waals surface area contributed by atoms with Gasteiger partial charge < -0.3 is 9.14 Å². The average molecular weight is 334 g/mol. The minimum Gasteiger partial charge on any atom is -0.492 e. The van der Waals surface area contributed by atoms with Crippen molar-refractivity contribution < 1.29 is 4.74 Å². The van der Waals surface area contributed by atoms with Gasteiger partial charge >= 0.3 is 0 Å². The molecular formula is C22H26N2O. The molecule has 0 aliphatic carbocycles. The summed E-state index contributed by atoms with van der Waals surface area (Å²) in [6.45, 7) is 5.46. The lowest BCUT2D eigenvalue weighted by atomic mass is 10.1. The molecule has 3 heteroatoms. The van der Waals surface area contributed by atoms with Crippen LogP contribution in [0, 0.1) is 0 Å². The van der Waals surface area contributed by atoms with Crippen molar-refractivity contribution in [2.75, 3.05) is 19.7 Å². The zero-order valence-corrected chi connectivity index (χ0v) is 14.9. The summed E-state index contributed by atoms with van der Waals surface area (Å²) in [5, 5.41) is 0. The maximum Gasteiger partial charge on any atom is 0.119 e. The van der Waals surface area contributed by atoms with E-state index in [0.717, 1.165) is 12.4 Å². The van der Waals surface area contributed by atoms with Gasteiger partial charge in [-0.15, -0.1) is 0 Å². The lowest BCUT2D eigenvalue weighted by Crippen LogP contribution is -2.40. The molecule has 1 fully saturated rings. The molecule has 3 aromatic rings. The SMILES string of the molecule is CC(COc1ccc(-c2cc3ccccn3c2)cc1)N1CCCCC1. The molecule has 25 heavy (non-hydrogen) atoms. The second-order valence-electron chi connectivity index (χ2n) is 7.04. The molecule has 1 saturated heterocycles. The minimum atomic E-state index is 0.483. The summed E-state index contributed by atoms with van der Waals surface area (Å²) in [6.07, 6.45) is 8.28. The number of benzene rings is 1. The van der Waals surface area contributed by atoms with Crippen LogP contribution in [0.5, 0.6) is 5.75 Å². The first kappa shape index (κ1) is 16.2. The van der Waals surface area contributed by atoms with Crippen molar-refractivity contribution >= 4 is 5.52 Å². The van der Waals surface area contributed by atoms with E-state index in [1.54, 1.807) is 0 Å². The second kappa shape index (κ2) is 7.32. The fourth-order valence-corrected chi connectivity index (χ4v) is 3.64. The number of hydrogen-bond acceptors (Lipinski definition) is 2. The van der Waals surface area contributed by atoms with Crippen LogP contribution in [0.4, 0.5) is 0 Å². The molecule has 1 unspecified atom stereocenters. The van der Waals surface area contributed by atoms with Crippen molar-refractivity contribution in [1.29, 1.82) is 0 Å². The van der Waals surface area contributed by atoms with Crippen LogP contribution in [0.2, 0.25) is 0 Å². The predicted molar refractivity (Wildman–Crippen MR) is 103 cm³/mol. The van der Waals surface area contributed by atoms with Crippen molar-refractivity contribution in [2.24, 2.45) is 0 Å². The van der Waals surface area contributed by atoms with E-state index >= 15 is 0 Å². The van der Waals surface area contributed by atoms with Gasteiger partial charge in [0.1, 0.15) is 12.4 Å². The van der Waals surface area contributed by atoms with Gasteiger partial charge in [-0.3, -0.25) is 4.90 Å². The highest BCUT2D eigenvalue weighted by Gasteiger charge is 2.17. The van der Waals surface area contributed by atoms with E-state index in [1.165, 1.54) is 49.0 Å². The van der Waals surface area contributed by atoms with Crippen LogP contribution in [0.3, 0.4) is 0 Å². The summed E-state index contributed by atoms with van der Waals surface area (Å²) in [5.41, 5.74) is 3.67. The molecule has 1 atom stereocenters. The maximum absolute atomic E-state index is 6.02. The normalized spacial score (nSPS) is 16.8. The zero-order valence-electron chi connectivity index (χ0n) is 14.9. The lowest BCUT2D eigenvalue weighted by Gasteiger charge is -2.32. The quantitative estimate of drug-likeness (QED) is 0.663. The Hall–Kier alpha value is -2.26. The Labute approximate surface area is 149 Å². The van der Waals surface area contributed by atoms with E-state index in [4.69, 9.17) is 4.74 Å². The highest BCUT2D eigenvalue weighted by molar-refractivity contribution is 5.70. The van der Waals surface area contributed by atoms with Crippen LogP contribution >= 0.6 is 0 Å². The van der Waals surface area contributed by atoms with E-state index in [-0.39, 0.29) is 0 Å². The fraction of sp³-hybridized carbons (Fsp3) is 0.364. The molecule has 1 aromatic carbocycles. The molecule has 1 aliphatic rings. The van der Waals surface area contributed by atoms with Crippen LogP contribution in [0.1, 0.15) is 26.2 Å². The van der Waals surface area contributed by atoms with Crippen LogP contribution in [0.15, 0.2) is 60.9 Å². The predicted octanol–water partition coefficient (Wildman–Crippen LogP) is 4.86. The van der Waals surface area contributed by atoms with Gasteiger partial charge in [0.05, 0.1) is 0 Å². The Bertz CT molecular complexity index is 782. The van der Waals surface area contributed by atoms with Crippen LogP contribution in [0.25, 0.3) is 16.6 Å². The van der Waals surface area contributed by atoms with Gasteiger partial charge in [0, 0.05) is 29.5 Å². The fourth-order valence-electron chi connectivity index (χ4n) is 3.64. The Morgan fingerprint density at radius 1 is 0.960 bits per heavy atom. The first-order valence-electron chi connectivity index (χ1n) is 9.34. The highest BCUT2D eigenvalue weighted by Crippen LogP contribution is 2.25. The van der Waals surface area contributed by atoms with E-state index in [1.807, 2.05) is 0 Å². The Balaban J connectivity index is 1.39. The number of nitrogens with zero attached hydrogens (tertiary/aromatic N) is 2. The first-order chi connectivity index (χ1) is 12.3. The highest BCUT2D eigenvalue weighted by atomic mass is 16.5. The summed E-state index contributed by atoms with van der Waals surface area (Å²) >= 11 is 0. The van der Waals surface area contributed by atoms with Gasteiger partial charge in [-0.1, -0.05) is 24.6 Å². The van der Waals surface area contributed by atoms with Gasteiger partial charge in [0.15, 0.2) is 0 Å². The monoisotopic (exact) mass is 334 g/mol. The number of fused-ring (bicyclic) bond motifs is 1. The molecule has 0 bridgehead atoms. The maximum atomic E-state index is 6.02. The molecule has 0 radical (unpaired) electrons. The Morgan fingerprint density at radius 3 is 2.52 bits per heavy atom. The van der Waals surface area contributed by atoms with Crippen molar-refractivity contribution in [2.45, 2.75) is 32.2 Å². The first-order valence-corrected chi connectivity index (χ1v) is 9.34. The van der Waals surface area contributed by atoms with Crippen molar-refractivity contribution in [3.05, 3.63) is 60.9 Å². The van der Waals surface area contributed by atoms with E-state index < -0.39 is 0 Å².